The van der Waals surface area contributed by atoms with E-state index in [9.17, 15) is 14.0 Å². The summed E-state index contributed by atoms with van der Waals surface area (Å²) in [5.41, 5.74) is 6.13. The summed E-state index contributed by atoms with van der Waals surface area (Å²) in [6, 6.07) is 23.2. The standard InChI is InChI=1S/C27H25FN2O2/c28-19-7-5-6-17(12-19)13-25(31)30-16-26(32)29-15-18-14-24-20-8-1-3-10-22(20)27(18)23-11-4-2-9-21(23)24/h1-12,18,24,27H,13-16H2,(H,29,32)(H,30,31). The van der Waals surface area contributed by atoms with Crippen LogP contribution in [0.2, 0.25) is 0 Å². The quantitative estimate of drug-likeness (QED) is 0.626. The number of rotatable bonds is 6. The van der Waals surface area contributed by atoms with Crippen LogP contribution in [0.3, 0.4) is 0 Å². The fraction of sp³-hybridized carbons (Fsp3) is 0.259. The number of carbonyl (C=O) groups is 2. The molecule has 0 heterocycles. The minimum Gasteiger partial charge on any atom is -0.354 e. The molecule has 3 aliphatic carbocycles. The van der Waals surface area contributed by atoms with E-state index in [0.29, 0.717) is 23.9 Å². The Morgan fingerprint density at radius 2 is 1.47 bits per heavy atom. The van der Waals surface area contributed by atoms with E-state index in [2.05, 4.69) is 59.2 Å². The molecule has 0 radical (unpaired) electrons. The molecule has 32 heavy (non-hydrogen) atoms. The van der Waals surface area contributed by atoms with E-state index in [1.165, 1.54) is 34.4 Å². The first kappa shape index (κ1) is 20.4. The van der Waals surface area contributed by atoms with Crippen molar-refractivity contribution in [1.29, 1.82) is 0 Å². The van der Waals surface area contributed by atoms with Crippen LogP contribution in [0.5, 0.6) is 0 Å². The van der Waals surface area contributed by atoms with Gasteiger partial charge in [0.2, 0.25) is 11.8 Å². The van der Waals surface area contributed by atoms with Gasteiger partial charge in [0.1, 0.15) is 5.82 Å². The van der Waals surface area contributed by atoms with Crippen LogP contribution < -0.4 is 10.6 Å². The minimum atomic E-state index is -0.377. The Balaban J connectivity index is 1.19. The summed E-state index contributed by atoms with van der Waals surface area (Å²) >= 11 is 0. The van der Waals surface area contributed by atoms with Gasteiger partial charge in [0, 0.05) is 18.4 Å². The fourth-order valence-corrected chi connectivity index (χ4v) is 5.34. The molecule has 5 heteroatoms. The van der Waals surface area contributed by atoms with Gasteiger partial charge in [-0.2, -0.15) is 0 Å². The minimum absolute atomic E-state index is 0.0466. The van der Waals surface area contributed by atoms with E-state index < -0.39 is 0 Å². The number of benzene rings is 3. The third kappa shape index (κ3) is 3.91. The Morgan fingerprint density at radius 3 is 2.12 bits per heavy atom. The van der Waals surface area contributed by atoms with Gasteiger partial charge in [0.05, 0.1) is 13.0 Å². The third-order valence-corrected chi connectivity index (χ3v) is 6.68. The summed E-state index contributed by atoms with van der Waals surface area (Å²) in [4.78, 5) is 24.5. The van der Waals surface area contributed by atoms with E-state index >= 15 is 0 Å². The van der Waals surface area contributed by atoms with Crippen LogP contribution in [-0.4, -0.2) is 24.9 Å². The molecule has 0 saturated heterocycles. The van der Waals surface area contributed by atoms with E-state index in [-0.39, 0.29) is 36.5 Å². The van der Waals surface area contributed by atoms with Crippen molar-refractivity contribution in [3.8, 4) is 0 Å². The summed E-state index contributed by atoms with van der Waals surface area (Å²) in [6.07, 6.45) is 1.05. The lowest BCUT2D eigenvalue weighted by Crippen LogP contribution is -2.42. The monoisotopic (exact) mass is 428 g/mol. The Labute approximate surface area is 186 Å². The Kier molecular flexibility index (Phi) is 5.48. The van der Waals surface area contributed by atoms with Gasteiger partial charge in [-0.1, -0.05) is 60.7 Å². The van der Waals surface area contributed by atoms with Crippen LogP contribution in [0.25, 0.3) is 0 Å². The molecule has 3 aliphatic rings. The molecule has 0 saturated carbocycles. The first-order chi connectivity index (χ1) is 15.6. The van der Waals surface area contributed by atoms with E-state index in [4.69, 9.17) is 0 Å². The highest BCUT2D eigenvalue weighted by atomic mass is 19.1. The van der Waals surface area contributed by atoms with Crippen molar-refractivity contribution < 1.29 is 14.0 Å². The molecule has 3 aromatic rings. The van der Waals surface area contributed by atoms with Gasteiger partial charge in [-0.3, -0.25) is 9.59 Å². The number of halogens is 1. The average Bonchev–Trinajstić information content (AvgIpc) is 2.81. The topological polar surface area (TPSA) is 58.2 Å². The molecule has 1 unspecified atom stereocenters. The molecule has 4 nitrogen and oxygen atoms in total. The van der Waals surface area contributed by atoms with Crippen molar-refractivity contribution in [1.82, 2.24) is 10.6 Å². The average molecular weight is 429 g/mol. The van der Waals surface area contributed by atoms with Crippen LogP contribution in [0.15, 0.2) is 72.8 Å². The summed E-state index contributed by atoms with van der Waals surface area (Å²) in [7, 11) is 0. The normalized spacial score (nSPS) is 20.2. The van der Waals surface area contributed by atoms with Crippen molar-refractivity contribution in [3.63, 3.8) is 0 Å². The first-order valence-electron chi connectivity index (χ1n) is 11.1. The van der Waals surface area contributed by atoms with E-state index in [1.807, 2.05) is 0 Å². The summed E-state index contributed by atoms with van der Waals surface area (Å²) in [6.45, 7) is 0.491. The van der Waals surface area contributed by atoms with Crippen LogP contribution in [0.4, 0.5) is 4.39 Å². The maximum Gasteiger partial charge on any atom is 0.239 e. The molecular formula is C27H25FN2O2. The Bertz CT molecular complexity index is 1130. The van der Waals surface area contributed by atoms with Crippen molar-refractivity contribution >= 4 is 11.8 Å². The molecule has 0 aliphatic heterocycles. The summed E-state index contributed by atoms with van der Waals surface area (Å²) in [5.74, 6) is 0.0659. The Hall–Kier alpha value is -3.47. The van der Waals surface area contributed by atoms with Crippen LogP contribution in [-0.2, 0) is 16.0 Å². The third-order valence-electron chi connectivity index (χ3n) is 6.68. The maximum absolute atomic E-state index is 13.3. The van der Waals surface area contributed by atoms with Crippen LogP contribution >= 0.6 is 0 Å². The molecule has 0 spiro atoms. The lowest BCUT2D eigenvalue weighted by Gasteiger charge is -2.45. The second-order valence-electron chi connectivity index (χ2n) is 8.67. The van der Waals surface area contributed by atoms with Gasteiger partial charge in [-0.15, -0.1) is 0 Å². The first-order valence-corrected chi connectivity index (χ1v) is 11.1. The summed E-state index contributed by atoms with van der Waals surface area (Å²) in [5, 5.41) is 5.64. The summed E-state index contributed by atoms with van der Waals surface area (Å²) < 4.78 is 13.3. The van der Waals surface area contributed by atoms with E-state index in [0.717, 1.165) is 6.42 Å². The zero-order valence-electron chi connectivity index (χ0n) is 17.7. The van der Waals surface area contributed by atoms with Crippen molar-refractivity contribution in [2.24, 2.45) is 5.92 Å². The van der Waals surface area contributed by atoms with Gasteiger partial charge in [0.25, 0.3) is 0 Å². The van der Waals surface area contributed by atoms with Gasteiger partial charge >= 0.3 is 0 Å². The molecule has 162 valence electrons. The second kappa shape index (κ2) is 8.58. The van der Waals surface area contributed by atoms with Crippen molar-refractivity contribution in [2.45, 2.75) is 24.7 Å². The van der Waals surface area contributed by atoms with Crippen molar-refractivity contribution in [2.75, 3.05) is 13.1 Å². The maximum atomic E-state index is 13.3. The zero-order chi connectivity index (χ0) is 22.1. The highest BCUT2D eigenvalue weighted by Gasteiger charge is 2.42. The predicted molar refractivity (Wildman–Crippen MR) is 121 cm³/mol. The molecule has 0 fully saturated rings. The second-order valence-corrected chi connectivity index (χ2v) is 8.67. The van der Waals surface area contributed by atoms with Gasteiger partial charge in [-0.25, -0.2) is 4.39 Å². The number of fused-ring (bicyclic) bond motifs is 1. The molecule has 1 atom stereocenters. The molecule has 6 rings (SSSR count). The Morgan fingerprint density at radius 1 is 0.812 bits per heavy atom. The predicted octanol–water partition coefficient (Wildman–Crippen LogP) is 3.90. The molecule has 2 bridgehead atoms. The molecule has 2 amide bonds. The molecular weight excluding hydrogens is 403 g/mol. The SMILES string of the molecule is O=C(CNC(=O)Cc1cccc(F)c1)NCC1CC2c3ccccc3C1c1ccccc12. The number of hydrogen-bond acceptors (Lipinski definition) is 2. The van der Waals surface area contributed by atoms with Crippen LogP contribution in [0.1, 0.15) is 46.1 Å². The number of nitrogens with one attached hydrogen (secondary N) is 2. The lowest BCUT2D eigenvalue weighted by molar-refractivity contribution is -0.125. The highest BCUT2D eigenvalue weighted by molar-refractivity contribution is 5.85. The highest BCUT2D eigenvalue weighted by Crippen LogP contribution is 2.55. The number of hydrogen-bond donors (Lipinski definition) is 2. The van der Waals surface area contributed by atoms with Gasteiger partial charge in [0.15, 0.2) is 0 Å². The van der Waals surface area contributed by atoms with Gasteiger partial charge < -0.3 is 10.6 Å². The van der Waals surface area contributed by atoms with E-state index in [1.54, 1.807) is 12.1 Å². The largest absolute Gasteiger partial charge is 0.354 e. The lowest BCUT2D eigenvalue weighted by atomic mass is 9.59. The molecule has 3 aromatic carbocycles. The van der Waals surface area contributed by atoms with Crippen molar-refractivity contribution in [3.05, 3.63) is 106 Å². The zero-order valence-corrected chi connectivity index (χ0v) is 17.7. The fourth-order valence-electron chi connectivity index (χ4n) is 5.34. The number of amides is 2. The smallest absolute Gasteiger partial charge is 0.239 e. The molecule has 0 aromatic heterocycles. The number of carbonyl (C=O) groups excluding carboxylic acids is 2. The van der Waals surface area contributed by atoms with Gasteiger partial charge in [-0.05, 0) is 52.3 Å². The van der Waals surface area contributed by atoms with Crippen LogP contribution in [0, 0.1) is 11.7 Å². The molecule has 2 N–H and O–H groups in total.